The highest BCUT2D eigenvalue weighted by atomic mass is 32.1. The minimum atomic E-state index is -0.277. The maximum atomic E-state index is 12.8. The lowest BCUT2D eigenvalue weighted by molar-refractivity contribution is -0.123. The second-order valence-electron chi connectivity index (χ2n) is 7.09. The van der Waals surface area contributed by atoms with Gasteiger partial charge in [-0.3, -0.25) is 14.9 Å². The molecule has 1 aromatic carbocycles. The Balaban J connectivity index is 1.29. The lowest BCUT2D eigenvalue weighted by Crippen LogP contribution is -2.30. The molecule has 0 saturated carbocycles. The van der Waals surface area contributed by atoms with Gasteiger partial charge in [0.25, 0.3) is 5.91 Å². The van der Waals surface area contributed by atoms with Gasteiger partial charge in [-0.15, -0.1) is 22.7 Å². The van der Waals surface area contributed by atoms with E-state index in [0.29, 0.717) is 28.7 Å². The molecule has 1 unspecified atom stereocenters. The first-order valence-electron chi connectivity index (χ1n) is 9.68. The summed E-state index contributed by atoms with van der Waals surface area (Å²) in [5.74, 6) is 0.638. The van der Waals surface area contributed by atoms with Gasteiger partial charge in [-0.1, -0.05) is 6.07 Å². The van der Waals surface area contributed by atoms with Crippen LogP contribution in [0.1, 0.15) is 44.6 Å². The van der Waals surface area contributed by atoms with Gasteiger partial charge < -0.3 is 14.8 Å². The minimum Gasteiger partial charge on any atom is -0.454 e. The fourth-order valence-electron chi connectivity index (χ4n) is 3.64. The van der Waals surface area contributed by atoms with E-state index in [9.17, 15) is 9.59 Å². The molecular weight excluding hydrogens is 422 g/mol. The van der Waals surface area contributed by atoms with E-state index in [1.54, 1.807) is 29.5 Å². The van der Waals surface area contributed by atoms with E-state index in [2.05, 4.69) is 15.6 Å². The van der Waals surface area contributed by atoms with Gasteiger partial charge in [0, 0.05) is 15.3 Å². The van der Waals surface area contributed by atoms with Crippen LogP contribution in [0.15, 0.2) is 35.7 Å². The lowest BCUT2D eigenvalue weighted by atomic mass is 9.90. The van der Waals surface area contributed by atoms with Gasteiger partial charge >= 0.3 is 0 Å². The van der Waals surface area contributed by atoms with E-state index in [4.69, 9.17) is 9.47 Å². The summed E-state index contributed by atoms with van der Waals surface area (Å²) in [5, 5.41) is 8.39. The van der Waals surface area contributed by atoms with Crippen LogP contribution in [0.4, 0.5) is 5.13 Å². The molecule has 2 aromatic heterocycles. The Kier molecular flexibility index (Phi) is 5.14. The third kappa shape index (κ3) is 3.78. The van der Waals surface area contributed by atoms with E-state index in [1.807, 2.05) is 17.5 Å². The number of hydrogen-bond donors (Lipinski definition) is 2. The maximum absolute atomic E-state index is 12.8. The largest absolute Gasteiger partial charge is 0.454 e. The van der Waals surface area contributed by atoms with Crippen molar-refractivity contribution in [2.75, 3.05) is 12.1 Å². The number of ether oxygens (including phenoxy) is 2. The number of anilines is 1. The van der Waals surface area contributed by atoms with E-state index >= 15 is 0 Å². The molecule has 3 heterocycles. The quantitative estimate of drug-likeness (QED) is 0.626. The molecule has 0 spiro atoms. The molecule has 0 radical (unpaired) electrons. The van der Waals surface area contributed by atoms with Crippen LogP contribution in [0.2, 0.25) is 0 Å². The first kappa shape index (κ1) is 19.1. The first-order valence-corrected chi connectivity index (χ1v) is 11.4. The number of aromatic nitrogens is 1. The Bertz CT molecular complexity index is 1090. The van der Waals surface area contributed by atoms with Crippen LogP contribution < -0.4 is 20.1 Å². The molecule has 0 saturated heterocycles. The van der Waals surface area contributed by atoms with Crippen molar-refractivity contribution in [3.8, 4) is 11.5 Å². The summed E-state index contributed by atoms with van der Waals surface area (Å²) in [4.78, 5) is 32.2. The Morgan fingerprint density at radius 2 is 2.10 bits per heavy atom. The molecule has 5 rings (SSSR count). The van der Waals surface area contributed by atoms with Crippen molar-refractivity contribution in [1.82, 2.24) is 10.3 Å². The van der Waals surface area contributed by atoms with E-state index < -0.39 is 0 Å². The molecule has 30 heavy (non-hydrogen) atoms. The molecule has 1 aliphatic carbocycles. The molecule has 0 fully saturated rings. The van der Waals surface area contributed by atoms with Crippen molar-refractivity contribution >= 4 is 39.6 Å². The van der Waals surface area contributed by atoms with Gasteiger partial charge in [-0.25, -0.2) is 4.98 Å². The van der Waals surface area contributed by atoms with Crippen LogP contribution in [-0.4, -0.2) is 23.6 Å². The molecule has 0 bridgehead atoms. The molecule has 1 atom stereocenters. The Hall–Kier alpha value is -2.91. The second kappa shape index (κ2) is 8.08. The summed E-state index contributed by atoms with van der Waals surface area (Å²) in [6, 6.07) is 9.05. The third-order valence-electron chi connectivity index (χ3n) is 5.14. The predicted octanol–water partition coefficient (Wildman–Crippen LogP) is 3.92. The topological polar surface area (TPSA) is 89.6 Å². The Morgan fingerprint density at radius 1 is 1.20 bits per heavy atom. The van der Waals surface area contributed by atoms with Crippen LogP contribution in [0.25, 0.3) is 0 Å². The average molecular weight is 442 g/mol. The van der Waals surface area contributed by atoms with Crippen LogP contribution in [0.3, 0.4) is 0 Å². The van der Waals surface area contributed by atoms with Gasteiger partial charge in [0.15, 0.2) is 16.6 Å². The molecular formula is C21H19N3O4S2. The number of nitrogens with one attached hydrogen (secondary N) is 2. The predicted molar refractivity (Wildman–Crippen MR) is 114 cm³/mol. The van der Waals surface area contributed by atoms with E-state index in [1.165, 1.54) is 11.3 Å². The van der Waals surface area contributed by atoms with Crippen molar-refractivity contribution in [1.29, 1.82) is 0 Å². The van der Waals surface area contributed by atoms with Gasteiger partial charge in [0.05, 0.1) is 18.2 Å². The number of nitrogens with zero attached hydrogens (tertiary/aromatic N) is 1. The third-order valence-corrected chi connectivity index (χ3v) is 7.07. The van der Waals surface area contributed by atoms with Crippen molar-refractivity contribution in [3.05, 3.63) is 56.7 Å². The number of amides is 2. The highest BCUT2D eigenvalue weighted by molar-refractivity contribution is 7.16. The first-order chi connectivity index (χ1) is 14.7. The van der Waals surface area contributed by atoms with Crippen LogP contribution in [0, 0.1) is 0 Å². The van der Waals surface area contributed by atoms with Crippen molar-refractivity contribution in [2.24, 2.45) is 0 Å². The standard InChI is InChI=1S/C21H19N3O4S2/c25-19(12-6-7-15-16(9-12)28-11-27-15)24-21-23-18-14(4-1-5-17(18)30-21)20(26)22-10-13-3-2-8-29-13/h2-3,6-9,14H,1,4-5,10-11H2,(H,22,26)(H,23,24,25). The Morgan fingerprint density at radius 3 is 2.97 bits per heavy atom. The number of carbonyl (C=O) groups is 2. The summed E-state index contributed by atoms with van der Waals surface area (Å²) in [7, 11) is 0. The number of rotatable bonds is 5. The number of carbonyl (C=O) groups excluding carboxylic acids is 2. The SMILES string of the molecule is O=C(Nc1nc2c(s1)CCCC2C(=O)NCc1cccs1)c1ccc2c(c1)OCO2. The number of benzene rings is 1. The fourth-order valence-corrected chi connectivity index (χ4v) is 5.35. The monoisotopic (exact) mass is 441 g/mol. The second-order valence-corrected chi connectivity index (χ2v) is 9.21. The normalized spacial score (nSPS) is 16.7. The summed E-state index contributed by atoms with van der Waals surface area (Å²) >= 11 is 3.06. The zero-order chi connectivity index (χ0) is 20.5. The van der Waals surface area contributed by atoms with Gasteiger partial charge in [-0.2, -0.15) is 0 Å². The van der Waals surface area contributed by atoms with Crippen molar-refractivity contribution < 1.29 is 19.1 Å². The number of thiophene rings is 1. The number of aryl methyl sites for hydroxylation is 1. The lowest BCUT2D eigenvalue weighted by Gasteiger charge is -2.20. The number of thiazole rings is 1. The molecule has 7 nitrogen and oxygen atoms in total. The molecule has 1 aliphatic heterocycles. The Labute approximate surface area is 181 Å². The average Bonchev–Trinajstić information content (AvgIpc) is 3.51. The molecule has 2 N–H and O–H groups in total. The fraction of sp³-hybridized carbons (Fsp3) is 0.286. The van der Waals surface area contributed by atoms with E-state index in [0.717, 1.165) is 34.7 Å². The zero-order valence-corrected chi connectivity index (χ0v) is 17.6. The van der Waals surface area contributed by atoms with E-state index in [-0.39, 0.29) is 24.5 Å². The van der Waals surface area contributed by atoms with Gasteiger partial charge in [0.1, 0.15) is 0 Å². The smallest absolute Gasteiger partial charge is 0.257 e. The molecule has 2 aliphatic rings. The van der Waals surface area contributed by atoms with Crippen LogP contribution in [0.5, 0.6) is 11.5 Å². The van der Waals surface area contributed by atoms with Gasteiger partial charge in [-0.05, 0) is 48.9 Å². The molecule has 3 aromatic rings. The van der Waals surface area contributed by atoms with Crippen molar-refractivity contribution in [2.45, 2.75) is 31.7 Å². The minimum absolute atomic E-state index is 0.0108. The highest BCUT2D eigenvalue weighted by Gasteiger charge is 2.30. The summed E-state index contributed by atoms with van der Waals surface area (Å²) < 4.78 is 10.6. The highest BCUT2D eigenvalue weighted by Crippen LogP contribution is 2.37. The molecule has 9 heteroatoms. The van der Waals surface area contributed by atoms with Gasteiger partial charge in [0.2, 0.25) is 12.7 Å². The summed E-state index contributed by atoms with van der Waals surface area (Å²) in [5.41, 5.74) is 1.26. The summed E-state index contributed by atoms with van der Waals surface area (Å²) in [6.07, 6.45) is 2.58. The molecule has 2 amide bonds. The summed E-state index contributed by atoms with van der Waals surface area (Å²) in [6.45, 7) is 0.690. The van der Waals surface area contributed by atoms with Crippen LogP contribution in [-0.2, 0) is 17.8 Å². The molecule has 154 valence electrons. The maximum Gasteiger partial charge on any atom is 0.257 e. The number of fused-ring (bicyclic) bond motifs is 2. The van der Waals surface area contributed by atoms with Crippen LogP contribution >= 0.6 is 22.7 Å². The van der Waals surface area contributed by atoms with Crippen molar-refractivity contribution in [3.63, 3.8) is 0 Å². The number of hydrogen-bond acceptors (Lipinski definition) is 7. The zero-order valence-electron chi connectivity index (χ0n) is 16.0.